The predicted molar refractivity (Wildman–Crippen MR) is 75.0 cm³/mol. The van der Waals surface area contributed by atoms with Gasteiger partial charge in [-0.15, -0.1) is 11.3 Å². The second-order valence-electron chi connectivity index (χ2n) is 5.38. The van der Waals surface area contributed by atoms with Gasteiger partial charge in [0, 0.05) is 18.4 Å². The van der Waals surface area contributed by atoms with Crippen LogP contribution in [0.15, 0.2) is 17.5 Å². The molecule has 1 aromatic heterocycles. The number of ether oxygens (including phenoxy) is 1. The van der Waals surface area contributed by atoms with Crippen molar-refractivity contribution in [2.75, 3.05) is 7.11 Å². The highest BCUT2D eigenvalue weighted by Gasteiger charge is 2.40. The first-order valence-corrected chi connectivity index (χ1v) is 7.65. The van der Waals surface area contributed by atoms with E-state index in [2.05, 4.69) is 18.4 Å². The quantitative estimate of drug-likeness (QED) is 0.809. The van der Waals surface area contributed by atoms with Crippen molar-refractivity contribution in [2.24, 2.45) is 5.92 Å². The van der Waals surface area contributed by atoms with Gasteiger partial charge in [0.15, 0.2) is 5.78 Å². The molecule has 0 amide bonds. The van der Waals surface area contributed by atoms with Crippen LogP contribution in [0.2, 0.25) is 0 Å². The Morgan fingerprint density at radius 2 is 2.22 bits per heavy atom. The molecular formula is C15H22O2S. The van der Waals surface area contributed by atoms with Crippen LogP contribution in [-0.4, -0.2) is 18.5 Å². The van der Waals surface area contributed by atoms with E-state index in [9.17, 15) is 4.79 Å². The lowest BCUT2D eigenvalue weighted by Crippen LogP contribution is -2.43. The Bertz CT molecular complexity index is 375. The molecule has 3 heteroatoms. The molecule has 1 heterocycles. The zero-order chi connectivity index (χ0) is 13.0. The lowest BCUT2D eigenvalue weighted by atomic mass is 9.76. The molecule has 0 unspecified atom stereocenters. The van der Waals surface area contributed by atoms with Gasteiger partial charge in [0.2, 0.25) is 0 Å². The van der Waals surface area contributed by atoms with Crippen LogP contribution in [0.3, 0.4) is 0 Å². The molecule has 0 bridgehead atoms. The zero-order valence-electron chi connectivity index (χ0n) is 11.3. The van der Waals surface area contributed by atoms with Crippen molar-refractivity contribution in [1.82, 2.24) is 0 Å². The summed E-state index contributed by atoms with van der Waals surface area (Å²) in [6, 6.07) is 4.14. The lowest BCUT2D eigenvalue weighted by Gasteiger charge is -2.37. The number of rotatable bonds is 5. The van der Waals surface area contributed by atoms with Gasteiger partial charge in [-0.2, -0.15) is 0 Å². The first-order chi connectivity index (χ1) is 8.66. The number of ketones is 1. The van der Waals surface area contributed by atoms with Crippen LogP contribution in [0.4, 0.5) is 0 Å². The van der Waals surface area contributed by atoms with Crippen molar-refractivity contribution in [3.8, 4) is 0 Å². The Kier molecular flexibility index (Phi) is 4.57. The van der Waals surface area contributed by atoms with Crippen molar-refractivity contribution in [2.45, 2.75) is 51.0 Å². The maximum atomic E-state index is 12.4. The molecule has 0 N–H and O–H groups in total. The second kappa shape index (κ2) is 5.98. The summed E-state index contributed by atoms with van der Waals surface area (Å²) in [5.41, 5.74) is -0.482. The van der Waals surface area contributed by atoms with E-state index in [0.717, 1.165) is 38.0 Å². The smallest absolute Gasteiger partial charge is 0.164 e. The minimum atomic E-state index is -0.482. The number of carbonyl (C=O) groups is 1. The number of hydrogen-bond acceptors (Lipinski definition) is 3. The van der Waals surface area contributed by atoms with E-state index in [0.29, 0.717) is 12.2 Å². The van der Waals surface area contributed by atoms with Gasteiger partial charge in [-0.1, -0.05) is 13.0 Å². The first kappa shape index (κ1) is 13.8. The second-order valence-corrected chi connectivity index (χ2v) is 6.42. The third-order valence-electron chi connectivity index (χ3n) is 4.16. The number of carbonyl (C=O) groups excluding carboxylic acids is 1. The van der Waals surface area contributed by atoms with Gasteiger partial charge < -0.3 is 4.74 Å². The SMILES string of the molecule is COC1(C(=O)CCc2cccs2)CCC(C)CC1. The van der Waals surface area contributed by atoms with Gasteiger partial charge in [-0.25, -0.2) is 0 Å². The highest BCUT2D eigenvalue weighted by atomic mass is 32.1. The molecule has 1 aliphatic carbocycles. The van der Waals surface area contributed by atoms with Crippen molar-refractivity contribution in [3.05, 3.63) is 22.4 Å². The predicted octanol–water partition coefficient (Wildman–Crippen LogP) is 3.85. The van der Waals surface area contributed by atoms with Crippen LogP contribution in [0, 0.1) is 5.92 Å². The minimum absolute atomic E-state index is 0.297. The van der Waals surface area contributed by atoms with Gasteiger partial charge in [0.25, 0.3) is 0 Å². The molecule has 100 valence electrons. The molecule has 0 radical (unpaired) electrons. The normalized spacial score (nSPS) is 28.2. The minimum Gasteiger partial charge on any atom is -0.370 e. The number of aryl methyl sites for hydroxylation is 1. The fraction of sp³-hybridized carbons (Fsp3) is 0.667. The van der Waals surface area contributed by atoms with Gasteiger partial charge in [-0.05, 0) is 49.5 Å². The van der Waals surface area contributed by atoms with E-state index in [1.165, 1.54) is 4.88 Å². The summed E-state index contributed by atoms with van der Waals surface area (Å²) in [7, 11) is 1.69. The maximum Gasteiger partial charge on any atom is 0.164 e. The molecule has 1 saturated carbocycles. The van der Waals surface area contributed by atoms with Crippen molar-refractivity contribution >= 4 is 17.1 Å². The molecule has 0 spiro atoms. The molecule has 0 saturated heterocycles. The highest BCUT2D eigenvalue weighted by Crippen LogP contribution is 2.36. The van der Waals surface area contributed by atoms with E-state index in [1.54, 1.807) is 18.4 Å². The van der Waals surface area contributed by atoms with Crippen LogP contribution in [0.25, 0.3) is 0 Å². The Balaban J connectivity index is 1.93. The molecule has 0 atom stereocenters. The fourth-order valence-electron chi connectivity index (χ4n) is 2.74. The maximum absolute atomic E-state index is 12.4. The van der Waals surface area contributed by atoms with Crippen LogP contribution < -0.4 is 0 Å². The largest absolute Gasteiger partial charge is 0.370 e. The van der Waals surface area contributed by atoms with Crippen molar-refractivity contribution < 1.29 is 9.53 Å². The summed E-state index contributed by atoms with van der Waals surface area (Å²) in [5, 5.41) is 2.06. The summed E-state index contributed by atoms with van der Waals surface area (Å²) in [6.45, 7) is 2.26. The molecule has 1 aliphatic rings. The summed E-state index contributed by atoms with van der Waals surface area (Å²) in [6.07, 6.45) is 5.49. The Labute approximate surface area is 113 Å². The average molecular weight is 266 g/mol. The van der Waals surface area contributed by atoms with Crippen molar-refractivity contribution in [1.29, 1.82) is 0 Å². The van der Waals surface area contributed by atoms with E-state index in [4.69, 9.17) is 4.74 Å². The number of hydrogen-bond donors (Lipinski definition) is 0. The lowest BCUT2D eigenvalue weighted by molar-refractivity contribution is -0.146. The summed E-state index contributed by atoms with van der Waals surface area (Å²) < 4.78 is 5.61. The topological polar surface area (TPSA) is 26.3 Å². The number of thiophene rings is 1. The number of methoxy groups -OCH3 is 1. The van der Waals surface area contributed by atoms with Crippen LogP contribution in [0.1, 0.15) is 43.9 Å². The molecule has 2 rings (SSSR count). The third-order valence-corrected chi connectivity index (χ3v) is 5.10. The molecule has 1 fully saturated rings. The molecule has 18 heavy (non-hydrogen) atoms. The zero-order valence-corrected chi connectivity index (χ0v) is 12.1. The van der Waals surface area contributed by atoms with Crippen LogP contribution in [0.5, 0.6) is 0 Å². The van der Waals surface area contributed by atoms with Gasteiger partial charge in [-0.3, -0.25) is 4.79 Å². The third kappa shape index (κ3) is 3.01. The monoisotopic (exact) mass is 266 g/mol. The molecule has 0 aliphatic heterocycles. The van der Waals surface area contributed by atoms with Gasteiger partial charge >= 0.3 is 0 Å². The molecule has 0 aromatic carbocycles. The fourth-order valence-corrected chi connectivity index (χ4v) is 3.45. The summed E-state index contributed by atoms with van der Waals surface area (Å²) in [4.78, 5) is 13.7. The van der Waals surface area contributed by atoms with Gasteiger partial charge in [0.1, 0.15) is 5.60 Å². The highest BCUT2D eigenvalue weighted by molar-refractivity contribution is 7.09. The Morgan fingerprint density at radius 1 is 1.50 bits per heavy atom. The van der Waals surface area contributed by atoms with Crippen LogP contribution in [-0.2, 0) is 16.0 Å². The Hall–Kier alpha value is -0.670. The van der Waals surface area contributed by atoms with E-state index < -0.39 is 5.60 Å². The summed E-state index contributed by atoms with van der Waals surface area (Å²) >= 11 is 1.73. The van der Waals surface area contributed by atoms with E-state index >= 15 is 0 Å². The average Bonchev–Trinajstić information content (AvgIpc) is 2.90. The first-order valence-electron chi connectivity index (χ1n) is 6.77. The molecule has 2 nitrogen and oxygen atoms in total. The van der Waals surface area contributed by atoms with Crippen molar-refractivity contribution in [3.63, 3.8) is 0 Å². The number of Topliss-reactive ketones (excluding diaryl/α,β-unsaturated/α-hetero) is 1. The van der Waals surface area contributed by atoms with Crippen LogP contribution >= 0.6 is 11.3 Å². The Morgan fingerprint density at radius 3 is 2.78 bits per heavy atom. The van der Waals surface area contributed by atoms with E-state index in [-0.39, 0.29) is 0 Å². The molecule has 1 aromatic rings. The molecular weight excluding hydrogens is 244 g/mol. The van der Waals surface area contributed by atoms with Gasteiger partial charge in [0.05, 0.1) is 0 Å². The van der Waals surface area contributed by atoms with E-state index in [1.807, 2.05) is 6.07 Å². The standard InChI is InChI=1S/C15H22O2S/c1-12-7-9-15(17-2,10-8-12)14(16)6-5-13-4-3-11-18-13/h3-4,11-12H,5-10H2,1-2H3. The summed E-state index contributed by atoms with van der Waals surface area (Å²) in [5.74, 6) is 1.03.